The Balaban J connectivity index is 2.35. The van der Waals surface area contributed by atoms with Gasteiger partial charge in [-0.1, -0.05) is 5.16 Å². The molecule has 0 aromatic carbocycles. The van der Waals surface area contributed by atoms with Crippen LogP contribution in [0.15, 0.2) is 27.5 Å². The van der Waals surface area contributed by atoms with E-state index >= 15 is 0 Å². The van der Waals surface area contributed by atoms with Gasteiger partial charge in [-0.3, -0.25) is 0 Å². The summed E-state index contributed by atoms with van der Waals surface area (Å²) in [6.07, 6.45) is 3.12. The maximum Gasteiger partial charge on any atom is 0.321 e. The highest BCUT2D eigenvalue weighted by Crippen LogP contribution is 2.16. The molecule has 0 unspecified atom stereocenters. The molecule has 12 heavy (non-hydrogen) atoms. The van der Waals surface area contributed by atoms with E-state index in [-0.39, 0.29) is 0 Å². The number of rotatable bonds is 2. The van der Waals surface area contributed by atoms with Gasteiger partial charge in [0.2, 0.25) is 5.82 Å². The fourth-order valence-corrected chi connectivity index (χ4v) is 0.834. The zero-order valence-corrected chi connectivity index (χ0v) is 6.44. The number of nitrogens with one attached hydrogen (secondary N) is 1. The van der Waals surface area contributed by atoms with Crippen LogP contribution in [0.3, 0.4) is 0 Å². The third-order valence-electron chi connectivity index (χ3n) is 1.42. The summed E-state index contributed by atoms with van der Waals surface area (Å²) in [5, 5.41) is 6.46. The molecule has 0 saturated heterocycles. The molecule has 0 bridgehead atoms. The smallest absolute Gasteiger partial charge is 0.321 e. The fraction of sp³-hybridized carbons (Fsp3) is 0.143. The monoisotopic (exact) mass is 165 g/mol. The fourth-order valence-electron chi connectivity index (χ4n) is 0.834. The van der Waals surface area contributed by atoms with Crippen molar-refractivity contribution < 1.29 is 8.94 Å². The van der Waals surface area contributed by atoms with Crippen molar-refractivity contribution in [2.24, 2.45) is 0 Å². The van der Waals surface area contributed by atoms with Crippen LogP contribution in [-0.2, 0) is 0 Å². The second-order valence-corrected chi connectivity index (χ2v) is 2.19. The minimum Gasteiger partial charge on any atom is -0.472 e. The van der Waals surface area contributed by atoms with Gasteiger partial charge >= 0.3 is 6.01 Å². The lowest BCUT2D eigenvalue weighted by Crippen LogP contribution is -1.86. The number of anilines is 1. The Hall–Kier alpha value is -1.78. The molecule has 5 heteroatoms. The predicted molar refractivity (Wildman–Crippen MR) is 41.5 cm³/mol. The van der Waals surface area contributed by atoms with Gasteiger partial charge in [-0.15, -0.1) is 0 Å². The highest BCUT2D eigenvalue weighted by molar-refractivity contribution is 5.52. The Kier molecular flexibility index (Phi) is 1.55. The standard InChI is InChI=1S/C7H7N3O2/c1-8-7-9-6(10-12-7)5-2-3-11-4-5/h2-4H,1H3,(H,8,9,10). The molecule has 0 amide bonds. The van der Waals surface area contributed by atoms with Crippen LogP contribution in [0.5, 0.6) is 0 Å². The van der Waals surface area contributed by atoms with E-state index in [1.165, 1.54) is 0 Å². The van der Waals surface area contributed by atoms with Crippen LogP contribution in [0.2, 0.25) is 0 Å². The van der Waals surface area contributed by atoms with Crippen LogP contribution in [-0.4, -0.2) is 17.2 Å². The van der Waals surface area contributed by atoms with Gasteiger partial charge < -0.3 is 14.3 Å². The first-order chi connectivity index (χ1) is 5.90. The maximum absolute atomic E-state index is 4.87. The molecule has 0 aliphatic heterocycles. The Morgan fingerprint density at radius 1 is 1.50 bits per heavy atom. The van der Waals surface area contributed by atoms with E-state index in [9.17, 15) is 0 Å². The van der Waals surface area contributed by atoms with Crippen molar-refractivity contribution in [1.82, 2.24) is 10.1 Å². The normalized spacial score (nSPS) is 10.1. The molecule has 1 N–H and O–H groups in total. The van der Waals surface area contributed by atoms with E-state index < -0.39 is 0 Å². The van der Waals surface area contributed by atoms with E-state index in [0.717, 1.165) is 5.56 Å². The largest absolute Gasteiger partial charge is 0.472 e. The lowest BCUT2D eigenvalue weighted by Gasteiger charge is -1.83. The first-order valence-corrected chi connectivity index (χ1v) is 3.44. The third-order valence-corrected chi connectivity index (χ3v) is 1.42. The number of hydrogen-bond acceptors (Lipinski definition) is 5. The molecule has 5 nitrogen and oxygen atoms in total. The first-order valence-electron chi connectivity index (χ1n) is 3.44. The average Bonchev–Trinajstić information content (AvgIpc) is 2.75. The van der Waals surface area contributed by atoms with Gasteiger partial charge in [-0.25, -0.2) is 0 Å². The third kappa shape index (κ3) is 1.05. The van der Waals surface area contributed by atoms with Gasteiger partial charge in [-0.2, -0.15) is 4.98 Å². The molecule has 62 valence electrons. The SMILES string of the molecule is CNc1nc(-c2ccoc2)no1. The number of furan rings is 1. The second-order valence-electron chi connectivity index (χ2n) is 2.19. The van der Waals surface area contributed by atoms with Gasteiger partial charge in [0.1, 0.15) is 6.26 Å². The van der Waals surface area contributed by atoms with Crippen molar-refractivity contribution in [3.8, 4) is 11.4 Å². The molecular formula is C7H7N3O2. The summed E-state index contributed by atoms with van der Waals surface area (Å²) in [5.74, 6) is 0.521. The minimum atomic E-state index is 0.395. The molecule has 0 aliphatic rings. The van der Waals surface area contributed by atoms with Gasteiger partial charge in [0.25, 0.3) is 0 Å². The van der Waals surface area contributed by atoms with Crippen molar-refractivity contribution in [1.29, 1.82) is 0 Å². The molecule has 0 saturated carbocycles. The Labute approximate surface area is 68.4 Å². The molecule has 0 atom stereocenters. The summed E-state index contributed by atoms with van der Waals surface area (Å²) in [6, 6.07) is 2.16. The Morgan fingerprint density at radius 2 is 2.42 bits per heavy atom. The first kappa shape index (κ1) is 6.90. The second kappa shape index (κ2) is 2.69. The minimum absolute atomic E-state index is 0.395. The van der Waals surface area contributed by atoms with Crippen LogP contribution in [0.1, 0.15) is 0 Å². The van der Waals surface area contributed by atoms with E-state index in [2.05, 4.69) is 15.5 Å². The highest BCUT2D eigenvalue weighted by Gasteiger charge is 2.06. The summed E-state index contributed by atoms with van der Waals surface area (Å²) < 4.78 is 9.69. The molecule has 0 aliphatic carbocycles. The van der Waals surface area contributed by atoms with Crippen LogP contribution < -0.4 is 5.32 Å². The van der Waals surface area contributed by atoms with Crippen LogP contribution >= 0.6 is 0 Å². The zero-order valence-electron chi connectivity index (χ0n) is 6.44. The summed E-state index contributed by atoms with van der Waals surface area (Å²) in [5.41, 5.74) is 0.806. The summed E-state index contributed by atoms with van der Waals surface area (Å²) in [7, 11) is 1.71. The van der Waals surface area contributed by atoms with E-state index in [1.807, 2.05) is 0 Å². The van der Waals surface area contributed by atoms with E-state index in [1.54, 1.807) is 25.6 Å². The molecular weight excluding hydrogens is 158 g/mol. The van der Waals surface area contributed by atoms with Gasteiger partial charge in [0.15, 0.2) is 0 Å². The molecule has 2 aromatic heterocycles. The molecule has 0 radical (unpaired) electrons. The predicted octanol–water partition coefficient (Wildman–Crippen LogP) is 1.37. The Morgan fingerprint density at radius 3 is 3.00 bits per heavy atom. The topological polar surface area (TPSA) is 64.1 Å². The van der Waals surface area contributed by atoms with Crippen molar-refractivity contribution in [2.75, 3.05) is 12.4 Å². The zero-order chi connectivity index (χ0) is 8.39. The van der Waals surface area contributed by atoms with Gasteiger partial charge in [0, 0.05) is 7.05 Å². The maximum atomic E-state index is 4.87. The van der Waals surface area contributed by atoms with Crippen molar-refractivity contribution in [2.45, 2.75) is 0 Å². The lowest BCUT2D eigenvalue weighted by atomic mass is 10.3. The molecule has 2 rings (SSSR count). The van der Waals surface area contributed by atoms with Crippen LogP contribution in [0.25, 0.3) is 11.4 Å². The van der Waals surface area contributed by atoms with Crippen LogP contribution in [0, 0.1) is 0 Å². The molecule has 2 heterocycles. The van der Waals surface area contributed by atoms with E-state index in [4.69, 9.17) is 8.94 Å². The summed E-state index contributed by atoms with van der Waals surface area (Å²) >= 11 is 0. The quantitative estimate of drug-likeness (QED) is 0.728. The summed E-state index contributed by atoms with van der Waals surface area (Å²) in [6.45, 7) is 0. The highest BCUT2D eigenvalue weighted by atomic mass is 16.5. The molecule has 0 fully saturated rings. The van der Waals surface area contributed by atoms with Crippen LogP contribution in [0.4, 0.5) is 6.01 Å². The van der Waals surface area contributed by atoms with Gasteiger partial charge in [0.05, 0.1) is 11.8 Å². The van der Waals surface area contributed by atoms with Crippen molar-refractivity contribution in [3.05, 3.63) is 18.6 Å². The summed E-state index contributed by atoms with van der Waals surface area (Å²) in [4.78, 5) is 4.02. The number of nitrogens with zero attached hydrogens (tertiary/aromatic N) is 2. The molecule has 2 aromatic rings. The van der Waals surface area contributed by atoms with Crippen molar-refractivity contribution in [3.63, 3.8) is 0 Å². The Bertz CT molecular complexity index is 352. The number of aromatic nitrogens is 2. The van der Waals surface area contributed by atoms with Crippen molar-refractivity contribution >= 4 is 6.01 Å². The van der Waals surface area contributed by atoms with E-state index in [0.29, 0.717) is 11.8 Å². The average molecular weight is 165 g/mol. The lowest BCUT2D eigenvalue weighted by molar-refractivity contribution is 0.434. The number of hydrogen-bond donors (Lipinski definition) is 1. The molecule has 0 spiro atoms. The van der Waals surface area contributed by atoms with Gasteiger partial charge in [-0.05, 0) is 6.07 Å².